The van der Waals surface area contributed by atoms with Gasteiger partial charge in [-0.25, -0.2) is 0 Å². The van der Waals surface area contributed by atoms with Crippen molar-refractivity contribution in [2.24, 2.45) is 0 Å². The zero-order valence-corrected chi connectivity index (χ0v) is 13.9. The first kappa shape index (κ1) is 14.6. The van der Waals surface area contributed by atoms with Gasteiger partial charge in [0.05, 0.1) is 10.9 Å². The summed E-state index contributed by atoms with van der Waals surface area (Å²) in [5.41, 5.74) is 1.33. The third kappa shape index (κ3) is 3.07. The molecule has 3 heterocycles. The lowest BCUT2D eigenvalue weighted by Gasteiger charge is -2.21. The predicted molar refractivity (Wildman–Crippen MR) is 91.2 cm³/mol. The Kier molecular flexibility index (Phi) is 3.97. The van der Waals surface area contributed by atoms with Gasteiger partial charge in [-0.3, -0.25) is 4.90 Å². The van der Waals surface area contributed by atoms with E-state index in [4.69, 9.17) is 4.42 Å². The molecule has 0 saturated carbocycles. The van der Waals surface area contributed by atoms with Gasteiger partial charge in [0, 0.05) is 11.4 Å². The second-order valence-electron chi connectivity index (χ2n) is 5.97. The van der Waals surface area contributed by atoms with E-state index in [-0.39, 0.29) is 6.04 Å². The minimum absolute atomic E-state index is 0.234. The zero-order chi connectivity index (χ0) is 15.6. The second-order valence-corrected chi connectivity index (χ2v) is 7.26. The lowest BCUT2D eigenvalue weighted by Crippen LogP contribution is -2.22. The fourth-order valence-electron chi connectivity index (χ4n) is 3.13. The molecule has 0 N–H and O–H groups in total. The van der Waals surface area contributed by atoms with Crippen molar-refractivity contribution in [3.63, 3.8) is 0 Å². The number of likely N-dealkylation sites (tertiary alicyclic amines) is 1. The molecule has 0 aliphatic carbocycles. The molecule has 2 aromatic heterocycles. The van der Waals surface area contributed by atoms with Gasteiger partial charge in [-0.1, -0.05) is 30.3 Å². The summed E-state index contributed by atoms with van der Waals surface area (Å²) in [5, 5.41) is 8.58. The van der Waals surface area contributed by atoms with Crippen LogP contribution in [0.2, 0.25) is 0 Å². The Morgan fingerprint density at radius 3 is 2.83 bits per heavy atom. The quantitative estimate of drug-likeness (QED) is 0.711. The van der Waals surface area contributed by atoms with E-state index in [2.05, 4.69) is 58.4 Å². The Morgan fingerprint density at radius 1 is 1.17 bits per heavy atom. The minimum atomic E-state index is 0.234. The van der Waals surface area contributed by atoms with Crippen molar-refractivity contribution >= 4 is 11.3 Å². The lowest BCUT2D eigenvalue weighted by atomic mass is 10.2. The summed E-state index contributed by atoms with van der Waals surface area (Å²) in [6.07, 6.45) is 2.26. The third-order valence-electron chi connectivity index (χ3n) is 4.27. The highest BCUT2D eigenvalue weighted by atomic mass is 32.1. The fourth-order valence-corrected chi connectivity index (χ4v) is 3.92. The number of aromatic nitrogens is 2. The number of thiophene rings is 1. The summed E-state index contributed by atoms with van der Waals surface area (Å²) in [6.45, 7) is 4.10. The summed E-state index contributed by atoms with van der Waals surface area (Å²) in [5.74, 6) is 1.39. The lowest BCUT2D eigenvalue weighted by molar-refractivity contribution is 0.215. The number of aryl methyl sites for hydroxylation is 1. The molecule has 23 heavy (non-hydrogen) atoms. The van der Waals surface area contributed by atoms with Crippen LogP contribution < -0.4 is 0 Å². The maximum absolute atomic E-state index is 5.98. The topological polar surface area (TPSA) is 42.2 Å². The molecule has 0 bridgehead atoms. The van der Waals surface area contributed by atoms with E-state index in [0.29, 0.717) is 5.89 Å². The molecule has 0 radical (unpaired) electrons. The Labute approximate surface area is 139 Å². The third-order valence-corrected chi connectivity index (χ3v) is 5.26. The van der Waals surface area contributed by atoms with Crippen molar-refractivity contribution in [3.05, 3.63) is 58.8 Å². The van der Waals surface area contributed by atoms with Gasteiger partial charge in [0.25, 0.3) is 5.89 Å². The van der Waals surface area contributed by atoms with E-state index in [1.165, 1.54) is 16.9 Å². The molecule has 1 atom stereocenters. The van der Waals surface area contributed by atoms with Gasteiger partial charge in [0.2, 0.25) is 5.89 Å². The first-order valence-corrected chi connectivity index (χ1v) is 8.79. The van der Waals surface area contributed by atoms with Gasteiger partial charge < -0.3 is 4.42 Å². The molecule has 4 rings (SSSR count). The van der Waals surface area contributed by atoms with E-state index >= 15 is 0 Å². The largest absolute Gasteiger partial charge is 0.418 e. The van der Waals surface area contributed by atoms with Crippen molar-refractivity contribution in [2.75, 3.05) is 6.54 Å². The molecular formula is C18H19N3OS. The average Bonchev–Trinajstić information content (AvgIpc) is 3.28. The van der Waals surface area contributed by atoms with Gasteiger partial charge in [-0.05, 0) is 44.0 Å². The number of hydrogen-bond acceptors (Lipinski definition) is 5. The van der Waals surface area contributed by atoms with Crippen molar-refractivity contribution < 1.29 is 4.42 Å². The van der Waals surface area contributed by atoms with Crippen molar-refractivity contribution in [1.29, 1.82) is 0 Å². The molecule has 118 valence electrons. The SMILES string of the molecule is Cc1ccc(-c2nnc([C@H]3CCCN3Cc3ccccc3)o2)s1. The van der Waals surface area contributed by atoms with Crippen LogP contribution in [-0.4, -0.2) is 21.6 Å². The van der Waals surface area contributed by atoms with Gasteiger partial charge in [-0.15, -0.1) is 21.5 Å². The summed E-state index contributed by atoms with van der Waals surface area (Å²) < 4.78 is 5.98. The summed E-state index contributed by atoms with van der Waals surface area (Å²) in [4.78, 5) is 4.74. The maximum atomic E-state index is 5.98. The monoisotopic (exact) mass is 325 g/mol. The highest BCUT2D eigenvalue weighted by Gasteiger charge is 2.30. The van der Waals surface area contributed by atoms with Gasteiger partial charge >= 0.3 is 0 Å². The van der Waals surface area contributed by atoms with Crippen LogP contribution in [-0.2, 0) is 6.54 Å². The summed E-state index contributed by atoms with van der Waals surface area (Å²) in [6, 6.07) is 14.9. The fraction of sp³-hybridized carbons (Fsp3) is 0.333. The Balaban J connectivity index is 1.54. The molecule has 1 aliphatic heterocycles. The zero-order valence-electron chi connectivity index (χ0n) is 13.1. The number of nitrogens with zero attached hydrogens (tertiary/aromatic N) is 3. The molecule has 0 unspecified atom stereocenters. The van der Waals surface area contributed by atoms with Crippen LogP contribution in [0.4, 0.5) is 0 Å². The van der Waals surface area contributed by atoms with Crippen LogP contribution in [0.15, 0.2) is 46.9 Å². The molecule has 3 aromatic rings. The van der Waals surface area contributed by atoms with Crippen LogP contribution in [0.5, 0.6) is 0 Å². The number of rotatable bonds is 4. The van der Waals surface area contributed by atoms with Crippen molar-refractivity contribution in [1.82, 2.24) is 15.1 Å². The molecule has 1 aliphatic rings. The molecule has 0 spiro atoms. The number of hydrogen-bond donors (Lipinski definition) is 0. The van der Waals surface area contributed by atoms with E-state index in [1.807, 2.05) is 6.07 Å². The minimum Gasteiger partial charge on any atom is -0.418 e. The van der Waals surface area contributed by atoms with E-state index in [0.717, 1.165) is 30.3 Å². The van der Waals surface area contributed by atoms with Crippen molar-refractivity contribution in [3.8, 4) is 10.8 Å². The summed E-state index contributed by atoms with van der Waals surface area (Å²) in [7, 11) is 0. The maximum Gasteiger partial charge on any atom is 0.257 e. The Hall–Kier alpha value is -1.98. The first-order chi connectivity index (χ1) is 11.3. The molecule has 1 fully saturated rings. The normalized spacial score (nSPS) is 18.6. The molecule has 1 saturated heterocycles. The van der Waals surface area contributed by atoms with Crippen LogP contribution >= 0.6 is 11.3 Å². The smallest absolute Gasteiger partial charge is 0.257 e. The Bertz CT molecular complexity index is 780. The molecular weight excluding hydrogens is 306 g/mol. The first-order valence-electron chi connectivity index (χ1n) is 7.98. The van der Waals surface area contributed by atoms with Crippen LogP contribution in [0, 0.1) is 6.92 Å². The Morgan fingerprint density at radius 2 is 2.04 bits per heavy atom. The molecule has 0 amide bonds. The van der Waals surface area contributed by atoms with Crippen LogP contribution in [0.3, 0.4) is 0 Å². The highest BCUT2D eigenvalue weighted by molar-refractivity contribution is 7.15. The molecule has 5 heteroatoms. The molecule has 4 nitrogen and oxygen atoms in total. The van der Waals surface area contributed by atoms with Gasteiger partial charge in [0.1, 0.15) is 0 Å². The number of benzene rings is 1. The van der Waals surface area contributed by atoms with E-state index < -0.39 is 0 Å². The van der Waals surface area contributed by atoms with Gasteiger partial charge in [0.15, 0.2) is 0 Å². The van der Waals surface area contributed by atoms with Crippen LogP contribution in [0.25, 0.3) is 10.8 Å². The standard InChI is InChI=1S/C18H19N3OS/c1-13-9-10-16(23-13)18-20-19-17(22-18)15-8-5-11-21(15)12-14-6-3-2-4-7-14/h2-4,6-7,9-10,15H,5,8,11-12H2,1H3/t15-/m1/s1. The second kappa shape index (κ2) is 6.26. The molecule has 1 aromatic carbocycles. The van der Waals surface area contributed by atoms with Crippen molar-refractivity contribution in [2.45, 2.75) is 32.4 Å². The van der Waals surface area contributed by atoms with Crippen LogP contribution in [0.1, 0.15) is 35.2 Å². The van der Waals surface area contributed by atoms with Gasteiger partial charge in [-0.2, -0.15) is 0 Å². The predicted octanol–water partition coefficient (Wildman–Crippen LogP) is 4.44. The highest BCUT2D eigenvalue weighted by Crippen LogP contribution is 2.34. The average molecular weight is 325 g/mol. The van der Waals surface area contributed by atoms with E-state index in [1.54, 1.807) is 11.3 Å². The van der Waals surface area contributed by atoms with E-state index in [9.17, 15) is 0 Å². The summed E-state index contributed by atoms with van der Waals surface area (Å²) >= 11 is 1.69.